The number of hydrogen-bond acceptors (Lipinski definition) is 4. The third-order valence-electron chi connectivity index (χ3n) is 12.2. The van der Waals surface area contributed by atoms with Crippen molar-refractivity contribution < 1.29 is 20.4 Å². The molecule has 5 aliphatic carbocycles. The smallest absolute Gasteiger partial charge is 0.105 e. The van der Waals surface area contributed by atoms with Gasteiger partial charge in [-0.05, 0) is 91.4 Å². The Labute approximate surface area is 200 Å². The lowest BCUT2D eigenvalue weighted by molar-refractivity contribution is -0.258. The SMILES string of the molecule is C[C@H](CC[C@@H](C)[C@@H]1CC[C@@H]2C3=C[C@H](O)[C@@]4(O)C[C@@H](O)CC[C@]4(C)[C@@]3(O)CC[C@@]21C)[C@@H]1C[C@H]1C. The summed E-state index contributed by atoms with van der Waals surface area (Å²) in [5.74, 6) is 4.29. The van der Waals surface area contributed by atoms with Crippen molar-refractivity contribution in [2.75, 3.05) is 0 Å². The average molecular weight is 461 g/mol. The van der Waals surface area contributed by atoms with Gasteiger partial charge in [-0.2, -0.15) is 0 Å². The molecule has 0 bridgehead atoms. The van der Waals surface area contributed by atoms with Crippen LogP contribution in [-0.4, -0.2) is 43.8 Å². The van der Waals surface area contributed by atoms with Crippen molar-refractivity contribution in [3.8, 4) is 0 Å². The van der Waals surface area contributed by atoms with Crippen molar-refractivity contribution in [3.63, 3.8) is 0 Å². The van der Waals surface area contributed by atoms with Crippen molar-refractivity contribution in [2.45, 2.75) is 122 Å². The first-order chi connectivity index (χ1) is 15.4. The summed E-state index contributed by atoms with van der Waals surface area (Å²) < 4.78 is 0. The van der Waals surface area contributed by atoms with Crippen LogP contribution in [0.5, 0.6) is 0 Å². The number of aliphatic hydroxyl groups is 4. The molecular formula is C29H48O4. The first-order valence-electron chi connectivity index (χ1n) is 13.9. The maximum atomic E-state index is 12.2. The molecule has 5 aliphatic rings. The van der Waals surface area contributed by atoms with Crippen LogP contribution in [0, 0.1) is 46.3 Å². The van der Waals surface area contributed by atoms with Gasteiger partial charge < -0.3 is 20.4 Å². The monoisotopic (exact) mass is 460 g/mol. The molecule has 4 fully saturated rings. The molecule has 0 radical (unpaired) electrons. The lowest BCUT2D eigenvalue weighted by Gasteiger charge is -2.65. The summed E-state index contributed by atoms with van der Waals surface area (Å²) in [4.78, 5) is 0. The summed E-state index contributed by atoms with van der Waals surface area (Å²) in [6.07, 6.45) is 9.31. The van der Waals surface area contributed by atoms with Gasteiger partial charge in [0.25, 0.3) is 0 Å². The number of aliphatic hydroxyl groups excluding tert-OH is 2. The lowest BCUT2D eigenvalue weighted by Crippen LogP contribution is -2.72. The molecule has 4 saturated carbocycles. The van der Waals surface area contributed by atoms with E-state index < -0.39 is 28.8 Å². The standard InChI is InChI=1S/C29H48O4/c1-17(21-14-19(21)3)6-7-18(2)22-8-9-23-24-15-25(31)29(33)16-20(30)10-11-27(29,5)28(24,32)13-12-26(22,23)4/h15,17-23,25,30-33H,6-14,16H2,1-5H3/t17-,18-,19-,20+,21+,22+,23-,25+,26-,27-,28-,29+/m1/s1. The van der Waals surface area contributed by atoms with Gasteiger partial charge in [-0.15, -0.1) is 0 Å². The Morgan fingerprint density at radius 3 is 2.30 bits per heavy atom. The fourth-order valence-corrected chi connectivity index (χ4v) is 9.56. The van der Waals surface area contributed by atoms with E-state index in [-0.39, 0.29) is 17.8 Å². The van der Waals surface area contributed by atoms with Crippen LogP contribution in [0.25, 0.3) is 0 Å². The quantitative estimate of drug-likeness (QED) is 0.443. The summed E-state index contributed by atoms with van der Waals surface area (Å²) in [5.41, 5.74) is -2.25. The van der Waals surface area contributed by atoms with Crippen LogP contribution in [0.3, 0.4) is 0 Å². The van der Waals surface area contributed by atoms with E-state index in [1.807, 2.05) is 13.0 Å². The van der Waals surface area contributed by atoms with Gasteiger partial charge >= 0.3 is 0 Å². The third-order valence-corrected chi connectivity index (χ3v) is 12.2. The van der Waals surface area contributed by atoms with E-state index in [0.717, 1.165) is 36.2 Å². The summed E-state index contributed by atoms with van der Waals surface area (Å²) in [6.45, 7) is 11.7. The maximum Gasteiger partial charge on any atom is 0.105 e. The zero-order valence-corrected chi connectivity index (χ0v) is 21.6. The molecule has 0 aromatic heterocycles. The van der Waals surface area contributed by atoms with Crippen molar-refractivity contribution in [1.29, 1.82) is 0 Å². The second-order valence-corrected chi connectivity index (χ2v) is 13.7. The Hall–Kier alpha value is -0.420. The van der Waals surface area contributed by atoms with E-state index in [1.54, 1.807) is 0 Å². The van der Waals surface area contributed by atoms with Crippen LogP contribution in [0.15, 0.2) is 11.6 Å². The molecule has 0 aromatic carbocycles. The molecule has 33 heavy (non-hydrogen) atoms. The highest BCUT2D eigenvalue weighted by atomic mass is 16.4. The van der Waals surface area contributed by atoms with E-state index in [0.29, 0.717) is 31.1 Å². The molecule has 0 saturated heterocycles. The second kappa shape index (κ2) is 7.79. The lowest BCUT2D eigenvalue weighted by atomic mass is 9.43. The first-order valence-corrected chi connectivity index (χ1v) is 13.9. The predicted molar refractivity (Wildman–Crippen MR) is 130 cm³/mol. The Bertz CT molecular complexity index is 809. The van der Waals surface area contributed by atoms with Crippen LogP contribution in [0.2, 0.25) is 0 Å². The molecule has 0 unspecified atom stereocenters. The molecule has 0 heterocycles. The van der Waals surface area contributed by atoms with Gasteiger partial charge in [-0.3, -0.25) is 0 Å². The zero-order chi connectivity index (χ0) is 24.0. The van der Waals surface area contributed by atoms with Gasteiger partial charge in [0.1, 0.15) is 11.7 Å². The fraction of sp³-hybridized carbons (Fsp3) is 0.931. The molecule has 12 atom stereocenters. The largest absolute Gasteiger partial charge is 0.393 e. The molecular weight excluding hydrogens is 412 g/mol. The molecule has 4 N–H and O–H groups in total. The van der Waals surface area contributed by atoms with Gasteiger partial charge in [0.2, 0.25) is 0 Å². The summed E-state index contributed by atoms with van der Waals surface area (Å²) >= 11 is 0. The van der Waals surface area contributed by atoms with Gasteiger partial charge in [0.15, 0.2) is 0 Å². The molecule has 4 heteroatoms. The third kappa shape index (κ3) is 3.29. The first kappa shape index (κ1) is 24.3. The normalized spacial score (nSPS) is 55.1. The number of hydrogen-bond donors (Lipinski definition) is 4. The van der Waals surface area contributed by atoms with E-state index in [4.69, 9.17) is 0 Å². The van der Waals surface area contributed by atoms with Crippen molar-refractivity contribution >= 4 is 0 Å². The molecule has 5 rings (SSSR count). The molecule has 188 valence electrons. The van der Waals surface area contributed by atoms with Crippen molar-refractivity contribution in [2.24, 2.45) is 46.3 Å². The minimum atomic E-state index is -1.47. The molecule has 0 amide bonds. The topological polar surface area (TPSA) is 80.9 Å². The van der Waals surface area contributed by atoms with E-state index in [9.17, 15) is 20.4 Å². The Kier molecular flexibility index (Phi) is 5.73. The van der Waals surface area contributed by atoms with Gasteiger partial charge in [-0.1, -0.05) is 53.5 Å². The van der Waals surface area contributed by atoms with Crippen LogP contribution in [-0.2, 0) is 0 Å². The average Bonchev–Trinajstić information content (AvgIpc) is 3.39. The van der Waals surface area contributed by atoms with Crippen LogP contribution in [0.1, 0.15) is 98.8 Å². The molecule has 4 nitrogen and oxygen atoms in total. The van der Waals surface area contributed by atoms with Crippen LogP contribution < -0.4 is 0 Å². The summed E-state index contributed by atoms with van der Waals surface area (Å²) in [5, 5.41) is 45.3. The molecule has 0 aliphatic heterocycles. The summed E-state index contributed by atoms with van der Waals surface area (Å²) in [6, 6.07) is 0. The van der Waals surface area contributed by atoms with Crippen molar-refractivity contribution in [3.05, 3.63) is 11.6 Å². The maximum absolute atomic E-state index is 12.2. The van der Waals surface area contributed by atoms with E-state index in [2.05, 4.69) is 27.7 Å². The second-order valence-electron chi connectivity index (χ2n) is 13.7. The van der Waals surface area contributed by atoms with E-state index >= 15 is 0 Å². The van der Waals surface area contributed by atoms with E-state index in [1.165, 1.54) is 25.7 Å². The molecule has 0 aromatic rings. The molecule has 0 spiro atoms. The highest BCUT2D eigenvalue weighted by molar-refractivity contribution is 5.40. The number of fused-ring (bicyclic) bond motifs is 5. The predicted octanol–water partition coefficient (Wildman–Crippen LogP) is 4.84. The Morgan fingerprint density at radius 2 is 1.64 bits per heavy atom. The van der Waals surface area contributed by atoms with Gasteiger partial charge in [0, 0.05) is 11.8 Å². The highest BCUT2D eigenvalue weighted by Crippen LogP contribution is 2.69. The Balaban J connectivity index is 1.39. The van der Waals surface area contributed by atoms with Crippen molar-refractivity contribution in [1.82, 2.24) is 0 Å². The number of rotatable bonds is 5. The van der Waals surface area contributed by atoms with Gasteiger partial charge in [-0.25, -0.2) is 0 Å². The minimum Gasteiger partial charge on any atom is -0.393 e. The zero-order valence-electron chi connectivity index (χ0n) is 21.6. The summed E-state index contributed by atoms with van der Waals surface area (Å²) in [7, 11) is 0. The Morgan fingerprint density at radius 1 is 0.970 bits per heavy atom. The fourth-order valence-electron chi connectivity index (χ4n) is 9.56. The highest BCUT2D eigenvalue weighted by Gasteiger charge is 2.71. The van der Waals surface area contributed by atoms with Crippen LogP contribution in [0.4, 0.5) is 0 Å². The van der Waals surface area contributed by atoms with Crippen LogP contribution >= 0.6 is 0 Å². The van der Waals surface area contributed by atoms with Gasteiger partial charge in [0.05, 0.1) is 11.7 Å². The minimum absolute atomic E-state index is 0.135.